The molecule has 2 heterocycles. The molecule has 0 fully saturated rings. The Bertz CT molecular complexity index is 619. The van der Waals surface area contributed by atoms with Crippen LogP contribution in [0.3, 0.4) is 0 Å². The Balaban J connectivity index is 2.37. The van der Waals surface area contributed by atoms with Crippen LogP contribution in [0.4, 0.5) is 5.69 Å². The first kappa shape index (κ1) is 13.8. The van der Waals surface area contributed by atoms with Gasteiger partial charge < -0.3 is 11.1 Å². The SMILES string of the molecule is CCCCNC(=O)c1sc2nc(C)cc(C)c2c1N. The fourth-order valence-corrected chi connectivity index (χ4v) is 3.23. The second kappa shape index (κ2) is 5.57. The van der Waals surface area contributed by atoms with Crippen LogP contribution in [-0.4, -0.2) is 17.4 Å². The number of fused-ring (bicyclic) bond motifs is 1. The maximum absolute atomic E-state index is 12.1. The summed E-state index contributed by atoms with van der Waals surface area (Å²) in [6, 6.07) is 1.99. The summed E-state index contributed by atoms with van der Waals surface area (Å²) in [4.78, 5) is 18.0. The summed E-state index contributed by atoms with van der Waals surface area (Å²) in [7, 11) is 0. The van der Waals surface area contributed by atoms with Crippen molar-refractivity contribution in [3.8, 4) is 0 Å². The van der Waals surface area contributed by atoms with Crippen molar-refractivity contribution in [2.75, 3.05) is 12.3 Å². The molecule has 0 saturated carbocycles. The number of aryl methyl sites for hydroxylation is 2. The summed E-state index contributed by atoms with van der Waals surface area (Å²) in [5.74, 6) is -0.0917. The Kier molecular flexibility index (Phi) is 4.04. The summed E-state index contributed by atoms with van der Waals surface area (Å²) in [6.07, 6.45) is 2.04. The van der Waals surface area contributed by atoms with Crippen molar-refractivity contribution in [3.63, 3.8) is 0 Å². The van der Waals surface area contributed by atoms with Crippen molar-refractivity contribution in [2.45, 2.75) is 33.6 Å². The van der Waals surface area contributed by atoms with Gasteiger partial charge in [0.15, 0.2) is 0 Å². The van der Waals surface area contributed by atoms with Gasteiger partial charge in [-0.3, -0.25) is 4.79 Å². The molecule has 2 aromatic heterocycles. The fraction of sp³-hybridized carbons (Fsp3) is 0.429. The summed E-state index contributed by atoms with van der Waals surface area (Å²) < 4.78 is 0. The van der Waals surface area contributed by atoms with E-state index in [0.29, 0.717) is 17.1 Å². The number of pyridine rings is 1. The number of carbonyl (C=O) groups excluding carboxylic acids is 1. The summed E-state index contributed by atoms with van der Waals surface area (Å²) in [6.45, 7) is 6.73. The second-order valence-corrected chi connectivity index (χ2v) is 5.71. The third kappa shape index (κ3) is 2.71. The molecule has 102 valence electrons. The standard InChI is InChI=1S/C14H19N3OS/c1-4-5-6-16-13(18)12-11(15)10-8(2)7-9(3)17-14(10)19-12/h7H,4-6,15H2,1-3H3,(H,16,18). The van der Waals surface area contributed by atoms with Crippen LogP contribution >= 0.6 is 11.3 Å². The topological polar surface area (TPSA) is 68.0 Å². The van der Waals surface area contributed by atoms with Crippen molar-refractivity contribution in [3.05, 3.63) is 22.2 Å². The van der Waals surface area contributed by atoms with Crippen molar-refractivity contribution < 1.29 is 4.79 Å². The predicted molar refractivity (Wildman–Crippen MR) is 80.7 cm³/mol. The lowest BCUT2D eigenvalue weighted by molar-refractivity contribution is 0.0958. The number of aromatic nitrogens is 1. The van der Waals surface area contributed by atoms with E-state index in [0.717, 1.165) is 34.3 Å². The number of hydrogen-bond acceptors (Lipinski definition) is 4. The number of nitrogens with one attached hydrogen (secondary N) is 1. The lowest BCUT2D eigenvalue weighted by Crippen LogP contribution is -2.24. The van der Waals surface area contributed by atoms with Gasteiger partial charge in [-0.1, -0.05) is 13.3 Å². The monoisotopic (exact) mass is 277 g/mol. The molecule has 0 aliphatic carbocycles. The Morgan fingerprint density at radius 2 is 2.21 bits per heavy atom. The van der Waals surface area contributed by atoms with E-state index >= 15 is 0 Å². The minimum absolute atomic E-state index is 0.0917. The zero-order chi connectivity index (χ0) is 14.0. The number of rotatable bonds is 4. The van der Waals surface area contributed by atoms with Crippen molar-refractivity contribution in [1.82, 2.24) is 10.3 Å². The first-order chi connectivity index (χ1) is 9.04. The third-order valence-corrected chi connectivity index (χ3v) is 4.14. The maximum atomic E-state index is 12.1. The molecule has 0 aliphatic heterocycles. The van der Waals surface area contributed by atoms with Crippen LogP contribution < -0.4 is 11.1 Å². The zero-order valence-electron chi connectivity index (χ0n) is 11.5. The van der Waals surface area contributed by atoms with Gasteiger partial charge >= 0.3 is 0 Å². The van der Waals surface area contributed by atoms with Crippen LogP contribution in [0.15, 0.2) is 6.07 Å². The molecule has 0 atom stereocenters. The zero-order valence-corrected chi connectivity index (χ0v) is 12.4. The van der Waals surface area contributed by atoms with Crippen molar-refractivity contribution >= 4 is 33.1 Å². The van der Waals surface area contributed by atoms with Gasteiger partial charge in [0.2, 0.25) is 0 Å². The molecule has 0 saturated heterocycles. The predicted octanol–water partition coefficient (Wildman–Crippen LogP) is 3.03. The van der Waals surface area contributed by atoms with Gasteiger partial charge in [-0.05, 0) is 31.9 Å². The Hall–Kier alpha value is -1.62. The van der Waals surface area contributed by atoms with E-state index < -0.39 is 0 Å². The van der Waals surface area contributed by atoms with E-state index in [1.165, 1.54) is 11.3 Å². The molecule has 0 unspecified atom stereocenters. The third-order valence-electron chi connectivity index (χ3n) is 3.05. The quantitative estimate of drug-likeness (QED) is 0.844. The van der Waals surface area contributed by atoms with Crippen molar-refractivity contribution in [2.24, 2.45) is 0 Å². The largest absolute Gasteiger partial charge is 0.397 e. The lowest BCUT2D eigenvalue weighted by atomic mass is 10.1. The van der Waals surface area contributed by atoms with Crippen LogP contribution in [0.2, 0.25) is 0 Å². The summed E-state index contributed by atoms with van der Waals surface area (Å²) >= 11 is 1.37. The highest BCUT2D eigenvalue weighted by atomic mass is 32.1. The van der Waals surface area contributed by atoms with Gasteiger partial charge in [-0.2, -0.15) is 0 Å². The molecule has 4 nitrogen and oxygen atoms in total. The fourth-order valence-electron chi connectivity index (χ4n) is 2.10. The number of amides is 1. The van der Waals surface area contributed by atoms with Gasteiger partial charge in [0.1, 0.15) is 9.71 Å². The average molecular weight is 277 g/mol. The number of carbonyl (C=O) groups is 1. The average Bonchev–Trinajstić information content (AvgIpc) is 2.66. The number of anilines is 1. The highest BCUT2D eigenvalue weighted by Crippen LogP contribution is 2.34. The minimum atomic E-state index is -0.0917. The molecular weight excluding hydrogens is 258 g/mol. The molecule has 19 heavy (non-hydrogen) atoms. The van der Waals surface area contributed by atoms with Gasteiger partial charge in [0, 0.05) is 17.6 Å². The van der Waals surface area contributed by atoms with E-state index in [1.807, 2.05) is 19.9 Å². The first-order valence-corrected chi connectivity index (χ1v) is 7.30. The van der Waals surface area contributed by atoms with E-state index in [4.69, 9.17) is 5.73 Å². The Morgan fingerprint density at radius 3 is 2.89 bits per heavy atom. The highest BCUT2D eigenvalue weighted by molar-refractivity contribution is 7.21. The molecule has 3 N–H and O–H groups in total. The van der Waals surface area contributed by atoms with Crippen LogP contribution in [0, 0.1) is 13.8 Å². The molecule has 2 rings (SSSR count). The van der Waals surface area contributed by atoms with E-state index in [2.05, 4.69) is 17.2 Å². The minimum Gasteiger partial charge on any atom is -0.397 e. The molecular formula is C14H19N3OS. The molecule has 0 bridgehead atoms. The van der Waals surface area contributed by atoms with Crippen molar-refractivity contribution in [1.29, 1.82) is 0 Å². The van der Waals surface area contributed by atoms with Crippen LogP contribution in [0.5, 0.6) is 0 Å². The second-order valence-electron chi connectivity index (χ2n) is 4.72. The smallest absolute Gasteiger partial charge is 0.263 e. The summed E-state index contributed by atoms with van der Waals surface area (Å²) in [5.41, 5.74) is 8.68. The number of unbranched alkanes of at least 4 members (excludes halogenated alkanes) is 1. The normalized spacial score (nSPS) is 10.9. The van der Waals surface area contributed by atoms with Gasteiger partial charge in [-0.15, -0.1) is 11.3 Å². The number of nitrogens with zero attached hydrogens (tertiary/aromatic N) is 1. The van der Waals surface area contributed by atoms with Crippen LogP contribution in [0.1, 0.15) is 40.7 Å². The maximum Gasteiger partial charge on any atom is 0.263 e. The van der Waals surface area contributed by atoms with E-state index in [1.54, 1.807) is 0 Å². The first-order valence-electron chi connectivity index (χ1n) is 6.49. The van der Waals surface area contributed by atoms with Crippen LogP contribution in [-0.2, 0) is 0 Å². The molecule has 0 spiro atoms. The molecule has 1 amide bonds. The Labute approximate surface area is 117 Å². The van der Waals surface area contributed by atoms with E-state index in [-0.39, 0.29) is 5.91 Å². The lowest BCUT2D eigenvalue weighted by Gasteiger charge is -2.03. The molecule has 0 radical (unpaired) electrons. The van der Waals surface area contributed by atoms with Gasteiger partial charge in [0.25, 0.3) is 5.91 Å². The molecule has 2 aromatic rings. The Morgan fingerprint density at radius 1 is 1.47 bits per heavy atom. The van der Waals surface area contributed by atoms with Gasteiger partial charge in [0.05, 0.1) is 5.69 Å². The van der Waals surface area contributed by atoms with E-state index in [9.17, 15) is 4.79 Å². The molecule has 0 aromatic carbocycles. The van der Waals surface area contributed by atoms with Crippen LogP contribution in [0.25, 0.3) is 10.2 Å². The molecule has 0 aliphatic rings. The summed E-state index contributed by atoms with van der Waals surface area (Å²) in [5, 5.41) is 3.81. The highest BCUT2D eigenvalue weighted by Gasteiger charge is 2.18. The number of nitrogens with two attached hydrogens (primary N) is 1. The molecule has 5 heteroatoms. The number of nitrogen functional groups attached to an aromatic ring is 1. The number of thiophene rings is 1. The number of hydrogen-bond donors (Lipinski definition) is 2. The van der Waals surface area contributed by atoms with Gasteiger partial charge in [-0.25, -0.2) is 4.98 Å².